The lowest BCUT2D eigenvalue weighted by atomic mass is 9.80. The molecule has 102 valence electrons. The Morgan fingerprint density at radius 2 is 1.71 bits per heavy atom. The van der Waals surface area contributed by atoms with Crippen LogP contribution in [0.25, 0.3) is 0 Å². The van der Waals surface area contributed by atoms with Gasteiger partial charge in [-0.1, -0.05) is 59.6 Å². The van der Waals surface area contributed by atoms with Crippen molar-refractivity contribution in [3.8, 4) is 0 Å². The second-order valence-corrected chi connectivity index (χ2v) is 6.67. The average Bonchev–Trinajstić information content (AvgIpc) is 2.25. The van der Waals surface area contributed by atoms with Crippen molar-refractivity contribution in [3.05, 3.63) is 12.2 Å². The molecule has 0 aromatic carbocycles. The molecule has 0 saturated carbocycles. The van der Waals surface area contributed by atoms with E-state index in [0.29, 0.717) is 0 Å². The summed E-state index contributed by atoms with van der Waals surface area (Å²) in [7, 11) is 2.89. The van der Waals surface area contributed by atoms with E-state index in [1.807, 2.05) is 0 Å². The van der Waals surface area contributed by atoms with E-state index in [1.54, 1.807) is 0 Å². The number of allylic oxidation sites excluding steroid dienone is 1. The molecule has 0 bridgehead atoms. The lowest BCUT2D eigenvalue weighted by molar-refractivity contribution is 0.359. The molecule has 0 saturated heterocycles. The van der Waals surface area contributed by atoms with Gasteiger partial charge in [-0.05, 0) is 42.7 Å². The van der Waals surface area contributed by atoms with Crippen LogP contribution in [0.1, 0.15) is 60.3 Å². The molecule has 0 aliphatic rings. The van der Waals surface area contributed by atoms with E-state index in [9.17, 15) is 0 Å². The molecule has 0 aliphatic heterocycles. The Labute approximate surface area is 112 Å². The molecule has 3 atom stereocenters. The summed E-state index contributed by atoms with van der Waals surface area (Å²) in [5.74, 6) is 3.09. The van der Waals surface area contributed by atoms with Crippen molar-refractivity contribution in [1.29, 1.82) is 0 Å². The Morgan fingerprint density at radius 3 is 2.06 bits per heavy atom. The normalized spacial score (nSPS) is 15.3. The molecule has 0 rings (SSSR count). The predicted molar refractivity (Wildman–Crippen MR) is 84.5 cm³/mol. The van der Waals surface area contributed by atoms with Crippen LogP contribution in [-0.4, -0.2) is 6.16 Å². The van der Waals surface area contributed by atoms with Crippen molar-refractivity contribution in [2.45, 2.75) is 60.3 Å². The van der Waals surface area contributed by atoms with Crippen LogP contribution in [0.15, 0.2) is 12.2 Å². The molecular weight excluding hydrogens is 223 g/mol. The van der Waals surface area contributed by atoms with Gasteiger partial charge in [0.1, 0.15) is 0 Å². The van der Waals surface area contributed by atoms with Crippen molar-refractivity contribution in [2.24, 2.45) is 23.7 Å². The zero-order valence-electron chi connectivity index (χ0n) is 12.6. The lowest BCUT2D eigenvalue weighted by Gasteiger charge is -2.26. The first-order chi connectivity index (χ1) is 7.92. The molecule has 0 aromatic rings. The summed E-state index contributed by atoms with van der Waals surface area (Å²) in [6.07, 6.45) is 6.37. The molecule has 0 aromatic heterocycles. The monoisotopic (exact) mass is 256 g/mol. The van der Waals surface area contributed by atoms with E-state index in [4.69, 9.17) is 0 Å². The quantitative estimate of drug-likeness (QED) is 0.375. The number of hydrogen-bond acceptors (Lipinski definition) is 0. The molecule has 0 spiro atoms. The van der Waals surface area contributed by atoms with Gasteiger partial charge in [0.2, 0.25) is 0 Å². The summed E-state index contributed by atoms with van der Waals surface area (Å²) in [4.78, 5) is 0. The summed E-state index contributed by atoms with van der Waals surface area (Å²) in [6, 6.07) is 0. The minimum Gasteiger partial charge on any atom is -0.137 e. The van der Waals surface area contributed by atoms with Gasteiger partial charge in [-0.15, -0.1) is 9.24 Å². The van der Waals surface area contributed by atoms with Crippen LogP contribution in [0.4, 0.5) is 0 Å². The largest absolute Gasteiger partial charge is 0.137 e. The SMILES string of the molecule is C=C(CC(CC)CP)C(CCC(C)C)C(C)C. The van der Waals surface area contributed by atoms with Crippen molar-refractivity contribution in [3.63, 3.8) is 0 Å². The fraction of sp³-hybridized carbons (Fsp3) is 0.875. The third kappa shape index (κ3) is 7.24. The van der Waals surface area contributed by atoms with E-state index in [2.05, 4.69) is 50.4 Å². The van der Waals surface area contributed by atoms with Crippen LogP contribution >= 0.6 is 9.24 Å². The fourth-order valence-electron chi connectivity index (χ4n) is 2.44. The highest BCUT2D eigenvalue weighted by Gasteiger charge is 2.19. The van der Waals surface area contributed by atoms with E-state index in [-0.39, 0.29) is 0 Å². The molecule has 0 fully saturated rings. The van der Waals surface area contributed by atoms with E-state index >= 15 is 0 Å². The van der Waals surface area contributed by atoms with Gasteiger partial charge in [-0.25, -0.2) is 0 Å². The highest BCUT2D eigenvalue weighted by atomic mass is 31.0. The molecule has 0 amide bonds. The lowest BCUT2D eigenvalue weighted by Crippen LogP contribution is -2.15. The Bertz CT molecular complexity index is 202. The smallest absolute Gasteiger partial charge is 0.0183 e. The summed E-state index contributed by atoms with van der Waals surface area (Å²) in [6.45, 7) is 16.0. The first kappa shape index (κ1) is 17.2. The molecule has 0 aliphatic carbocycles. The first-order valence-electron chi connectivity index (χ1n) is 7.30. The van der Waals surface area contributed by atoms with Crippen LogP contribution in [0, 0.1) is 23.7 Å². The maximum absolute atomic E-state index is 4.38. The number of rotatable bonds is 9. The molecule has 3 unspecified atom stereocenters. The minimum atomic E-state index is 0.725. The van der Waals surface area contributed by atoms with Crippen LogP contribution in [-0.2, 0) is 0 Å². The molecular formula is C16H33P. The van der Waals surface area contributed by atoms with Gasteiger partial charge >= 0.3 is 0 Å². The molecule has 0 radical (unpaired) electrons. The van der Waals surface area contributed by atoms with Crippen molar-refractivity contribution < 1.29 is 0 Å². The summed E-state index contributed by atoms with van der Waals surface area (Å²) >= 11 is 0. The third-order valence-electron chi connectivity index (χ3n) is 3.85. The van der Waals surface area contributed by atoms with Crippen molar-refractivity contribution in [2.75, 3.05) is 6.16 Å². The van der Waals surface area contributed by atoms with Crippen molar-refractivity contribution >= 4 is 9.24 Å². The van der Waals surface area contributed by atoms with Gasteiger partial charge < -0.3 is 0 Å². The van der Waals surface area contributed by atoms with Crippen molar-refractivity contribution in [1.82, 2.24) is 0 Å². The van der Waals surface area contributed by atoms with Gasteiger partial charge in [0.25, 0.3) is 0 Å². The van der Waals surface area contributed by atoms with E-state index in [0.717, 1.165) is 23.7 Å². The van der Waals surface area contributed by atoms with E-state index in [1.165, 1.54) is 37.4 Å². The van der Waals surface area contributed by atoms with Crippen LogP contribution in [0.3, 0.4) is 0 Å². The molecule has 0 nitrogen and oxygen atoms in total. The van der Waals surface area contributed by atoms with Gasteiger partial charge in [0.15, 0.2) is 0 Å². The summed E-state index contributed by atoms with van der Waals surface area (Å²) in [5, 5.41) is 0. The Morgan fingerprint density at radius 1 is 1.12 bits per heavy atom. The number of hydrogen-bond donors (Lipinski definition) is 0. The van der Waals surface area contributed by atoms with Crippen LogP contribution in [0.2, 0.25) is 0 Å². The minimum absolute atomic E-state index is 0.725. The second-order valence-electron chi connectivity index (χ2n) is 6.19. The van der Waals surface area contributed by atoms with Gasteiger partial charge in [0, 0.05) is 0 Å². The predicted octanol–water partition coefficient (Wildman–Crippen LogP) is 5.54. The second kappa shape index (κ2) is 9.15. The van der Waals surface area contributed by atoms with Gasteiger partial charge in [-0.3, -0.25) is 0 Å². The Balaban J connectivity index is 4.33. The van der Waals surface area contributed by atoms with Crippen LogP contribution < -0.4 is 0 Å². The molecule has 0 N–H and O–H groups in total. The van der Waals surface area contributed by atoms with Crippen LogP contribution in [0.5, 0.6) is 0 Å². The third-order valence-corrected chi connectivity index (χ3v) is 4.51. The standard InChI is InChI=1S/C16H33P/c1-7-15(11-17)10-14(6)16(13(4)5)9-8-12(2)3/h12-13,15-16H,6-11,17H2,1-5H3. The zero-order chi connectivity index (χ0) is 13.4. The Hall–Kier alpha value is 0.170. The maximum Gasteiger partial charge on any atom is -0.0183 e. The zero-order valence-corrected chi connectivity index (χ0v) is 13.8. The highest BCUT2D eigenvalue weighted by molar-refractivity contribution is 7.16. The fourth-order valence-corrected chi connectivity index (χ4v) is 2.94. The average molecular weight is 256 g/mol. The van der Waals surface area contributed by atoms with Gasteiger partial charge in [-0.2, -0.15) is 0 Å². The highest BCUT2D eigenvalue weighted by Crippen LogP contribution is 2.31. The Kier molecular flexibility index (Phi) is 9.24. The first-order valence-corrected chi connectivity index (χ1v) is 8.11. The summed E-state index contributed by atoms with van der Waals surface area (Å²) < 4.78 is 0. The maximum atomic E-state index is 4.38. The molecule has 0 heterocycles. The van der Waals surface area contributed by atoms with E-state index < -0.39 is 0 Å². The topological polar surface area (TPSA) is 0 Å². The molecule has 17 heavy (non-hydrogen) atoms. The summed E-state index contributed by atoms with van der Waals surface area (Å²) in [5.41, 5.74) is 1.50. The van der Waals surface area contributed by atoms with Gasteiger partial charge in [0.05, 0.1) is 0 Å². The molecule has 1 heteroatoms.